The number of hydrogen-bond acceptors (Lipinski definition) is 3. The second kappa shape index (κ2) is 8.61. The van der Waals surface area contributed by atoms with Crippen molar-refractivity contribution < 1.29 is 9.53 Å². The molecule has 1 N–H and O–H groups in total. The number of fused-ring (bicyclic) bond motifs is 1. The van der Waals surface area contributed by atoms with Gasteiger partial charge in [0.1, 0.15) is 0 Å². The van der Waals surface area contributed by atoms with E-state index in [0.717, 1.165) is 67.6 Å². The van der Waals surface area contributed by atoms with E-state index in [4.69, 9.17) is 4.74 Å². The molecule has 4 nitrogen and oxygen atoms in total. The Morgan fingerprint density at radius 3 is 2.71 bits per heavy atom. The van der Waals surface area contributed by atoms with Gasteiger partial charge in [-0.15, -0.1) is 0 Å². The van der Waals surface area contributed by atoms with Gasteiger partial charge < -0.3 is 15.0 Å². The molecule has 0 aliphatic carbocycles. The van der Waals surface area contributed by atoms with Crippen LogP contribution in [0.5, 0.6) is 0 Å². The summed E-state index contributed by atoms with van der Waals surface area (Å²) < 4.78 is 5.46. The maximum atomic E-state index is 13.0. The highest BCUT2D eigenvalue weighted by Crippen LogP contribution is 2.24. The first kappa shape index (κ1) is 18.8. The smallest absolute Gasteiger partial charge is 0.256 e. The Balaban J connectivity index is 1.46. The van der Waals surface area contributed by atoms with Gasteiger partial charge in [-0.2, -0.15) is 0 Å². The molecule has 0 bridgehead atoms. The van der Waals surface area contributed by atoms with Gasteiger partial charge in [-0.3, -0.25) is 4.79 Å². The lowest BCUT2D eigenvalue weighted by molar-refractivity contribution is 0.0583. The quantitative estimate of drug-likeness (QED) is 0.847. The molecule has 2 heterocycles. The first-order valence-corrected chi connectivity index (χ1v) is 10.3. The van der Waals surface area contributed by atoms with Crippen molar-refractivity contribution in [1.82, 2.24) is 10.2 Å². The van der Waals surface area contributed by atoms with Gasteiger partial charge in [0.15, 0.2) is 0 Å². The fourth-order valence-corrected chi connectivity index (χ4v) is 4.15. The van der Waals surface area contributed by atoms with Gasteiger partial charge >= 0.3 is 0 Å². The van der Waals surface area contributed by atoms with Crippen LogP contribution in [0.1, 0.15) is 35.7 Å². The first-order valence-electron chi connectivity index (χ1n) is 10.3. The molecule has 2 aromatic carbocycles. The number of hydrogen-bond donors (Lipinski definition) is 1. The van der Waals surface area contributed by atoms with Gasteiger partial charge in [-0.1, -0.05) is 37.3 Å². The predicted octanol–water partition coefficient (Wildman–Crippen LogP) is 4.27. The lowest BCUT2D eigenvalue weighted by Gasteiger charge is -2.31. The summed E-state index contributed by atoms with van der Waals surface area (Å²) >= 11 is 0. The van der Waals surface area contributed by atoms with Crippen molar-refractivity contribution in [3.63, 3.8) is 0 Å². The lowest BCUT2D eigenvalue weighted by Crippen LogP contribution is -2.35. The zero-order chi connectivity index (χ0) is 19.3. The number of rotatable bonds is 5. The Hall–Kier alpha value is -2.59. The van der Waals surface area contributed by atoms with E-state index < -0.39 is 0 Å². The van der Waals surface area contributed by atoms with E-state index in [1.807, 2.05) is 36.4 Å². The number of carbonyl (C=O) groups excluding carboxylic acids is 1. The summed E-state index contributed by atoms with van der Waals surface area (Å²) in [5.74, 6) is 0.630. The number of allylic oxidation sites excluding steroid dienone is 2. The molecule has 2 aliphatic rings. The number of nitrogens with zero attached hydrogens (tertiary/aromatic N) is 1. The van der Waals surface area contributed by atoms with Gasteiger partial charge in [-0.25, -0.2) is 0 Å². The summed E-state index contributed by atoms with van der Waals surface area (Å²) in [5, 5.41) is 5.32. The third kappa shape index (κ3) is 4.12. The lowest BCUT2D eigenvalue weighted by atomic mass is 9.97. The molecule has 4 rings (SSSR count). The van der Waals surface area contributed by atoms with Crippen molar-refractivity contribution in [2.75, 3.05) is 26.3 Å². The second-order valence-corrected chi connectivity index (χ2v) is 7.64. The van der Waals surface area contributed by atoms with Crippen LogP contribution in [0.4, 0.5) is 0 Å². The fourth-order valence-electron chi connectivity index (χ4n) is 4.15. The highest BCUT2D eigenvalue weighted by molar-refractivity contribution is 6.08. The zero-order valence-corrected chi connectivity index (χ0v) is 16.5. The molecule has 0 saturated carbocycles. The van der Waals surface area contributed by atoms with Gasteiger partial charge in [0.25, 0.3) is 5.91 Å². The Morgan fingerprint density at radius 2 is 1.93 bits per heavy atom. The highest BCUT2D eigenvalue weighted by Gasteiger charge is 2.19. The number of ether oxygens (including phenoxy) is 1. The molecule has 0 atom stereocenters. The predicted molar refractivity (Wildman–Crippen MR) is 113 cm³/mol. The largest absolute Gasteiger partial charge is 0.381 e. The third-order valence-electron chi connectivity index (χ3n) is 5.72. The third-order valence-corrected chi connectivity index (χ3v) is 5.72. The number of benzene rings is 2. The van der Waals surface area contributed by atoms with Crippen LogP contribution in [0.15, 0.2) is 60.4 Å². The Kier molecular flexibility index (Phi) is 5.77. The van der Waals surface area contributed by atoms with Crippen molar-refractivity contribution in [1.29, 1.82) is 0 Å². The molecular weight excluding hydrogens is 348 g/mol. The van der Waals surface area contributed by atoms with Crippen molar-refractivity contribution in [2.45, 2.75) is 26.2 Å². The average Bonchev–Trinajstić information content (AvgIpc) is 2.74. The minimum Gasteiger partial charge on any atom is -0.381 e. The number of amides is 1. The van der Waals surface area contributed by atoms with E-state index in [9.17, 15) is 4.79 Å². The van der Waals surface area contributed by atoms with Crippen LogP contribution in [0.2, 0.25) is 0 Å². The fraction of sp³-hybridized carbons (Fsp3) is 0.375. The highest BCUT2D eigenvalue weighted by atomic mass is 16.5. The zero-order valence-electron chi connectivity index (χ0n) is 16.5. The van der Waals surface area contributed by atoms with Crippen LogP contribution in [-0.2, 0) is 11.2 Å². The molecule has 1 amide bonds. The molecule has 4 heteroatoms. The summed E-state index contributed by atoms with van der Waals surface area (Å²) in [6.45, 7) is 5.63. The van der Waals surface area contributed by atoms with Gasteiger partial charge in [0.2, 0.25) is 0 Å². The molecule has 0 unspecified atom stereocenters. The molecule has 0 spiro atoms. The number of nitrogens with one attached hydrogen (secondary N) is 1. The molecular formula is C24H28N2O2. The SMILES string of the molecule is CCc1ccc(C(=O)NC2=CC=CN(CC3CCOCC3)C2)c2ccccc12. The van der Waals surface area contributed by atoms with Gasteiger partial charge in [-0.05, 0) is 65.9 Å². The number of carbonyl (C=O) groups is 1. The summed E-state index contributed by atoms with van der Waals surface area (Å²) in [5.41, 5.74) is 2.96. The van der Waals surface area contributed by atoms with E-state index in [0.29, 0.717) is 5.92 Å². The van der Waals surface area contributed by atoms with Crippen molar-refractivity contribution >= 4 is 16.7 Å². The minimum atomic E-state index is -0.0357. The molecule has 28 heavy (non-hydrogen) atoms. The molecule has 1 saturated heterocycles. The van der Waals surface area contributed by atoms with Crippen LogP contribution in [0.25, 0.3) is 10.8 Å². The topological polar surface area (TPSA) is 41.6 Å². The standard InChI is InChI=1S/C24H28N2O2/c1-2-19-9-10-23(22-8-4-3-7-21(19)22)24(27)25-20-6-5-13-26(17-20)16-18-11-14-28-15-12-18/h3-10,13,18H,2,11-12,14-17H2,1H3,(H,25,27). The molecule has 0 radical (unpaired) electrons. The van der Waals surface area contributed by atoms with Crippen LogP contribution in [-0.4, -0.2) is 37.1 Å². The summed E-state index contributed by atoms with van der Waals surface area (Å²) in [6, 6.07) is 12.2. The molecule has 0 aromatic heterocycles. The summed E-state index contributed by atoms with van der Waals surface area (Å²) in [7, 11) is 0. The van der Waals surface area contributed by atoms with E-state index in [1.54, 1.807) is 0 Å². The van der Waals surface area contributed by atoms with Crippen LogP contribution in [0.3, 0.4) is 0 Å². The summed E-state index contributed by atoms with van der Waals surface area (Å²) in [6.07, 6.45) is 9.34. The monoisotopic (exact) mass is 376 g/mol. The van der Waals surface area contributed by atoms with Crippen LogP contribution >= 0.6 is 0 Å². The molecule has 2 aliphatic heterocycles. The Bertz CT molecular complexity index is 910. The van der Waals surface area contributed by atoms with E-state index >= 15 is 0 Å². The summed E-state index contributed by atoms with van der Waals surface area (Å²) in [4.78, 5) is 15.3. The van der Waals surface area contributed by atoms with Crippen LogP contribution < -0.4 is 5.32 Å². The second-order valence-electron chi connectivity index (χ2n) is 7.64. The van der Waals surface area contributed by atoms with E-state index in [-0.39, 0.29) is 5.91 Å². The number of aryl methyl sites for hydroxylation is 1. The maximum absolute atomic E-state index is 13.0. The first-order chi connectivity index (χ1) is 13.7. The van der Waals surface area contributed by atoms with Gasteiger partial charge in [0.05, 0.1) is 6.54 Å². The normalized spacial score (nSPS) is 17.6. The Morgan fingerprint density at radius 1 is 1.14 bits per heavy atom. The molecule has 146 valence electrons. The Labute approximate surface area is 166 Å². The minimum absolute atomic E-state index is 0.0357. The van der Waals surface area contributed by atoms with Crippen molar-refractivity contribution in [2.24, 2.45) is 5.92 Å². The van der Waals surface area contributed by atoms with Crippen molar-refractivity contribution in [3.8, 4) is 0 Å². The molecule has 1 fully saturated rings. The maximum Gasteiger partial charge on any atom is 0.256 e. The molecule has 2 aromatic rings. The van der Waals surface area contributed by atoms with Crippen molar-refractivity contribution in [3.05, 3.63) is 71.6 Å². The van der Waals surface area contributed by atoms with E-state index in [1.165, 1.54) is 5.56 Å². The van der Waals surface area contributed by atoms with Crippen LogP contribution in [0, 0.1) is 5.92 Å². The van der Waals surface area contributed by atoms with E-state index in [2.05, 4.69) is 35.5 Å². The average molecular weight is 377 g/mol. The van der Waals surface area contributed by atoms with Gasteiger partial charge in [0, 0.05) is 31.0 Å².